The van der Waals surface area contributed by atoms with Crippen molar-refractivity contribution in [3.05, 3.63) is 0 Å². The molecule has 0 aromatic heterocycles. The van der Waals surface area contributed by atoms with Crippen molar-refractivity contribution in [1.29, 1.82) is 0 Å². The molecule has 30 nitrogen and oxygen atoms in total. The maximum absolute atomic E-state index is 12.7. The van der Waals surface area contributed by atoms with Crippen molar-refractivity contribution < 1.29 is 143 Å². The van der Waals surface area contributed by atoms with Crippen LogP contribution in [0.4, 0.5) is 0 Å². The SMILES string of the molecule is CC(=O)OC1CC(COC2OC(CO)C(O)C(O)C2O)CNC12OC1CC3C4CCC5CC(OC6OC(CO)C(OC7OC(CO)C(OC8OCC(O)C(O)C8O)C(O)C7OC7OC(CO)C(O)C(O)C7O)C(O)C6O)CCC5(C)C4CCC3(C)C1C2C. The number of hydrogen-bond acceptors (Lipinski definition) is 30. The molecule has 506 valence electrons. The van der Waals surface area contributed by atoms with E-state index in [1.807, 2.05) is 0 Å². The fourth-order valence-electron chi connectivity index (χ4n) is 18.0. The van der Waals surface area contributed by atoms with E-state index in [0.29, 0.717) is 43.6 Å². The summed E-state index contributed by atoms with van der Waals surface area (Å²) in [5.41, 5.74) is -1.08. The highest BCUT2D eigenvalue weighted by atomic mass is 16.8. The Morgan fingerprint density at radius 3 is 1.76 bits per heavy atom. The monoisotopic (exact) mass is 1270 g/mol. The van der Waals surface area contributed by atoms with Crippen LogP contribution in [0.1, 0.15) is 85.5 Å². The average molecular weight is 1270 g/mol. The Bertz CT molecular complexity index is 2330. The lowest BCUT2D eigenvalue weighted by atomic mass is 9.44. The number of carbonyl (C=O) groups excluding carboxylic acids is 1. The highest BCUT2D eigenvalue weighted by Crippen LogP contribution is 2.71. The minimum Gasteiger partial charge on any atom is -0.458 e. The Hall–Kier alpha value is -1.65. The topological polar surface area (TPSA) is 464 Å². The van der Waals surface area contributed by atoms with Crippen LogP contribution in [0.5, 0.6) is 0 Å². The second-order valence-corrected chi connectivity index (χ2v) is 27.5. The molecule has 11 aliphatic rings. The van der Waals surface area contributed by atoms with E-state index in [9.17, 15) is 86.5 Å². The summed E-state index contributed by atoms with van der Waals surface area (Å²) in [6, 6.07) is 0. The maximum Gasteiger partial charge on any atom is 0.303 e. The van der Waals surface area contributed by atoms with E-state index in [0.717, 1.165) is 38.5 Å². The quantitative estimate of drug-likeness (QED) is 0.0505. The van der Waals surface area contributed by atoms with Crippen LogP contribution in [0, 0.1) is 52.3 Å². The summed E-state index contributed by atoms with van der Waals surface area (Å²) >= 11 is 0. The lowest BCUT2D eigenvalue weighted by Gasteiger charge is -2.61. The number of aliphatic hydroxyl groups excluding tert-OH is 16. The first-order chi connectivity index (χ1) is 41.8. The van der Waals surface area contributed by atoms with Crippen LogP contribution in [-0.4, -0.2) is 305 Å². The summed E-state index contributed by atoms with van der Waals surface area (Å²) < 4.78 is 72.5. The summed E-state index contributed by atoms with van der Waals surface area (Å²) in [5, 5.41) is 174. The maximum atomic E-state index is 12.7. The van der Waals surface area contributed by atoms with E-state index in [1.165, 1.54) is 6.92 Å². The Morgan fingerprint density at radius 1 is 0.545 bits per heavy atom. The number of hydrogen-bond donors (Lipinski definition) is 17. The van der Waals surface area contributed by atoms with Crippen molar-refractivity contribution in [3.8, 4) is 0 Å². The molecule has 0 aromatic carbocycles. The van der Waals surface area contributed by atoms with Gasteiger partial charge in [-0.2, -0.15) is 0 Å². The second-order valence-electron chi connectivity index (χ2n) is 27.5. The molecule has 0 bridgehead atoms. The predicted molar refractivity (Wildman–Crippen MR) is 289 cm³/mol. The molecule has 11 fully saturated rings. The predicted octanol–water partition coefficient (Wildman–Crippen LogP) is -6.36. The molecular weight excluding hydrogens is 1170 g/mol. The van der Waals surface area contributed by atoms with E-state index in [4.69, 9.17) is 56.8 Å². The summed E-state index contributed by atoms with van der Waals surface area (Å²) in [6.45, 7) is 5.22. The Balaban J connectivity index is 0.720. The fourth-order valence-corrected chi connectivity index (χ4v) is 18.0. The molecule has 17 N–H and O–H groups in total. The molecule has 30 heteroatoms. The Labute approximate surface area is 508 Å². The molecule has 7 heterocycles. The number of esters is 1. The van der Waals surface area contributed by atoms with E-state index in [-0.39, 0.29) is 47.2 Å². The first kappa shape index (κ1) is 67.8. The summed E-state index contributed by atoms with van der Waals surface area (Å²) in [5.74, 6) is 0.898. The second kappa shape index (κ2) is 26.9. The van der Waals surface area contributed by atoms with Crippen LogP contribution in [0.3, 0.4) is 0 Å². The average Bonchev–Trinajstić information content (AvgIpc) is 1.50. The molecule has 4 saturated carbocycles. The van der Waals surface area contributed by atoms with Crippen molar-refractivity contribution in [1.82, 2.24) is 5.32 Å². The van der Waals surface area contributed by atoms with Crippen molar-refractivity contribution in [2.75, 3.05) is 46.2 Å². The lowest BCUT2D eigenvalue weighted by molar-refractivity contribution is -0.401. The van der Waals surface area contributed by atoms with E-state index in [2.05, 4.69) is 26.1 Å². The standard InChI is InChI=1S/C58H95NO29/c1-21-36-30(88-58(21)35(79-22(2)64)11-23(14-59-58)19-77-51-44(73)40(69)38(67)31(15-60)81-51)13-28-26-6-5-24-12-25(7-9-56(24,3)27(26)8-10-57(28,36)4)80-53-46(75)42(71)48(33(17-62)83-53)86-55-50(87-54-45(74)41(70)39(68)32(16-61)82-54)47(76)49(34(18-63)84-55)85-52-43(72)37(66)29(65)20-78-52/h21,23-55,59-63,65-76H,5-20H2,1-4H3. The molecule has 88 heavy (non-hydrogen) atoms. The molecule has 1 spiro atoms. The molecule has 0 radical (unpaired) electrons. The molecule has 0 aromatic rings. The molecule has 11 rings (SSSR count). The summed E-state index contributed by atoms with van der Waals surface area (Å²) in [4.78, 5) is 12.7. The van der Waals surface area contributed by atoms with Crippen molar-refractivity contribution in [2.24, 2.45) is 52.3 Å². The summed E-state index contributed by atoms with van der Waals surface area (Å²) in [7, 11) is 0. The molecule has 0 amide bonds. The third kappa shape index (κ3) is 12.1. The van der Waals surface area contributed by atoms with Gasteiger partial charge in [0, 0.05) is 19.4 Å². The van der Waals surface area contributed by atoms with Gasteiger partial charge in [0.2, 0.25) is 0 Å². The Kier molecular flexibility index (Phi) is 20.7. The number of aliphatic hydroxyl groups is 16. The number of rotatable bonds is 16. The third-order valence-corrected chi connectivity index (χ3v) is 22.7. The van der Waals surface area contributed by atoms with Gasteiger partial charge in [0.25, 0.3) is 0 Å². The zero-order valence-electron chi connectivity index (χ0n) is 49.9. The zero-order chi connectivity index (χ0) is 63.2. The first-order valence-corrected chi connectivity index (χ1v) is 31.5. The number of piperidine rings is 1. The zero-order valence-corrected chi connectivity index (χ0v) is 49.9. The van der Waals surface area contributed by atoms with Crippen molar-refractivity contribution >= 4 is 5.97 Å². The van der Waals surface area contributed by atoms with Gasteiger partial charge in [-0.25, -0.2) is 0 Å². The van der Waals surface area contributed by atoms with Gasteiger partial charge in [0.1, 0.15) is 122 Å². The fraction of sp³-hybridized carbons (Fsp3) is 0.983. The minimum absolute atomic E-state index is 0.0477. The minimum atomic E-state index is -2.02. The van der Waals surface area contributed by atoms with E-state index >= 15 is 0 Å². The largest absolute Gasteiger partial charge is 0.458 e. The van der Waals surface area contributed by atoms with Crippen LogP contribution in [0.15, 0.2) is 0 Å². The molecule has 7 aliphatic heterocycles. The molecular formula is C58H95NO29. The van der Waals surface area contributed by atoms with Gasteiger partial charge >= 0.3 is 5.97 Å². The normalized spacial score (nSPS) is 55.5. The van der Waals surface area contributed by atoms with Gasteiger partial charge < -0.3 is 139 Å². The molecule has 37 atom stereocenters. The van der Waals surface area contributed by atoms with Crippen molar-refractivity contribution in [3.63, 3.8) is 0 Å². The smallest absolute Gasteiger partial charge is 0.303 e. The third-order valence-electron chi connectivity index (χ3n) is 22.7. The van der Waals surface area contributed by atoms with Gasteiger partial charge in [0.15, 0.2) is 37.2 Å². The number of nitrogens with one attached hydrogen (secondary N) is 1. The number of ether oxygens (including phenoxy) is 12. The van der Waals surface area contributed by atoms with Crippen molar-refractivity contribution in [2.45, 2.75) is 257 Å². The number of carbonyl (C=O) groups is 1. The highest BCUT2D eigenvalue weighted by Gasteiger charge is 2.71. The lowest BCUT2D eigenvalue weighted by Crippen LogP contribution is -2.68. The van der Waals surface area contributed by atoms with Gasteiger partial charge in [-0.15, -0.1) is 0 Å². The number of fused-ring (bicyclic) bond motifs is 7. The van der Waals surface area contributed by atoms with Gasteiger partial charge in [-0.1, -0.05) is 20.8 Å². The van der Waals surface area contributed by atoms with Gasteiger partial charge in [-0.3, -0.25) is 10.1 Å². The van der Waals surface area contributed by atoms with Crippen LogP contribution in [-0.2, 0) is 61.6 Å². The van der Waals surface area contributed by atoms with Crippen LogP contribution in [0.2, 0.25) is 0 Å². The van der Waals surface area contributed by atoms with Crippen LogP contribution >= 0.6 is 0 Å². The van der Waals surface area contributed by atoms with Gasteiger partial charge in [-0.05, 0) is 104 Å². The summed E-state index contributed by atoms with van der Waals surface area (Å²) in [6.07, 6.45) is -34.4. The molecule has 4 aliphatic carbocycles. The highest BCUT2D eigenvalue weighted by molar-refractivity contribution is 5.66. The molecule has 7 saturated heterocycles. The van der Waals surface area contributed by atoms with E-state index in [1.54, 1.807) is 0 Å². The molecule has 37 unspecified atom stereocenters. The van der Waals surface area contributed by atoms with E-state index < -0.39 is 204 Å². The Morgan fingerprint density at radius 2 is 1.10 bits per heavy atom. The van der Waals surface area contributed by atoms with Gasteiger partial charge in [0.05, 0.1) is 51.8 Å². The van der Waals surface area contributed by atoms with Crippen LogP contribution in [0.25, 0.3) is 0 Å². The van der Waals surface area contributed by atoms with Crippen LogP contribution < -0.4 is 5.32 Å². The first-order valence-electron chi connectivity index (χ1n) is 31.5.